The Labute approximate surface area is 201 Å². The highest BCUT2D eigenvalue weighted by atomic mass is 32.1. The number of carbonyl (C=O) groups is 2. The van der Waals surface area contributed by atoms with Gasteiger partial charge in [-0.15, -0.1) is 17.9 Å². The molecule has 0 bridgehead atoms. The lowest BCUT2D eigenvalue weighted by molar-refractivity contribution is -0.144. The van der Waals surface area contributed by atoms with Gasteiger partial charge in [-0.05, 0) is 61.7 Å². The van der Waals surface area contributed by atoms with E-state index in [0.717, 1.165) is 43.4 Å². The highest BCUT2D eigenvalue weighted by molar-refractivity contribution is 7.10. The number of fused-ring (bicyclic) bond motifs is 1. The van der Waals surface area contributed by atoms with Gasteiger partial charge < -0.3 is 14.5 Å². The molecule has 2 aromatic rings. The van der Waals surface area contributed by atoms with E-state index in [1.807, 2.05) is 24.0 Å². The van der Waals surface area contributed by atoms with Crippen LogP contribution in [0.15, 0.2) is 42.3 Å². The molecular formula is C27H34N2O3S. The largest absolute Gasteiger partial charge is 0.491 e. The van der Waals surface area contributed by atoms with Crippen LogP contribution in [0.2, 0.25) is 0 Å². The van der Waals surface area contributed by atoms with Crippen molar-refractivity contribution in [3.63, 3.8) is 0 Å². The van der Waals surface area contributed by atoms with Crippen molar-refractivity contribution >= 4 is 23.2 Å². The average Bonchev–Trinajstić information content (AvgIpc) is 3.49. The number of amides is 2. The first-order chi connectivity index (χ1) is 16.0. The number of hydrogen-bond acceptors (Lipinski definition) is 4. The van der Waals surface area contributed by atoms with Gasteiger partial charge in [0.2, 0.25) is 11.8 Å². The van der Waals surface area contributed by atoms with Crippen molar-refractivity contribution in [3.8, 4) is 5.75 Å². The van der Waals surface area contributed by atoms with Gasteiger partial charge >= 0.3 is 0 Å². The van der Waals surface area contributed by atoms with E-state index < -0.39 is 0 Å². The molecule has 1 fully saturated rings. The van der Waals surface area contributed by atoms with Gasteiger partial charge in [0.05, 0.1) is 6.04 Å². The Morgan fingerprint density at radius 2 is 2.03 bits per heavy atom. The molecule has 5 nitrogen and oxygen atoms in total. The number of thiophene rings is 1. The van der Waals surface area contributed by atoms with Gasteiger partial charge in [-0.25, -0.2) is 0 Å². The van der Waals surface area contributed by atoms with Gasteiger partial charge in [0.25, 0.3) is 0 Å². The molecule has 176 valence electrons. The molecule has 0 spiro atoms. The van der Waals surface area contributed by atoms with E-state index in [1.165, 1.54) is 16.0 Å². The van der Waals surface area contributed by atoms with E-state index in [4.69, 9.17) is 4.74 Å². The molecule has 6 heteroatoms. The molecule has 1 atom stereocenters. The fourth-order valence-electron chi connectivity index (χ4n) is 5.08. The summed E-state index contributed by atoms with van der Waals surface area (Å²) in [5.41, 5.74) is 3.46. The summed E-state index contributed by atoms with van der Waals surface area (Å²) in [7, 11) is 0. The number of rotatable bonds is 8. The number of carbonyl (C=O) groups excluding carboxylic acids is 2. The van der Waals surface area contributed by atoms with Crippen LogP contribution < -0.4 is 4.74 Å². The Kier molecular flexibility index (Phi) is 7.53. The molecule has 1 aromatic carbocycles. The van der Waals surface area contributed by atoms with Crippen molar-refractivity contribution < 1.29 is 14.3 Å². The third kappa shape index (κ3) is 5.32. The SMILES string of the molecule is C=CCN(CC(=O)N1CCc2sccc2C1COc1ccc(C)cc1C)C(=O)C1CCCC1. The molecular weight excluding hydrogens is 432 g/mol. The predicted octanol–water partition coefficient (Wildman–Crippen LogP) is 5.07. The zero-order valence-electron chi connectivity index (χ0n) is 19.7. The minimum Gasteiger partial charge on any atom is -0.491 e. The van der Waals surface area contributed by atoms with Crippen LogP contribution in [-0.2, 0) is 16.0 Å². The smallest absolute Gasteiger partial charge is 0.242 e. The number of hydrogen-bond donors (Lipinski definition) is 0. The van der Waals surface area contributed by atoms with Crippen LogP contribution in [0.1, 0.15) is 53.3 Å². The van der Waals surface area contributed by atoms with Crippen LogP contribution in [0.25, 0.3) is 0 Å². The van der Waals surface area contributed by atoms with Crippen molar-refractivity contribution in [2.45, 2.75) is 52.0 Å². The monoisotopic (exact) mass is 466 g/mol. The van der Waals surface area contributed by atoms with Gasteiger partial charge in [0.15, 0.2) is 0 Å². The topological polar surface area (TPSA) is 49.9 Å². The zero-order chi connectivity index (χ0) is 23.4. The summed E-state index contributed by atoms with van der Waals surface area (Å²) in [6, 6.07) is 8.11. The molecule has 1 aliphatic heterocycles. The Morgan fingerprint density at radius 1 is 1.24 bits per heavy atom. The molecule has 1 unspecified atom stereocenters. The van der Waals surface area contributed by atoms with Gasteiger partial charge in [0, 0.05) is 23.9 Å². The quantitative estimate of drug-likeness (QED) is 0.510. The number of aryl methyl sites for hydroxylation is 2. The summed E-state index contributed by atoms with van der Waals surface area (Å²) >= 11 is 1.74. The average molecular weight is 467 g/mol. The van der Waals surface area contributed by atoms with E-state index in [9.17, 15) is 9.59 Å². The van der Waals surface area contributed by atoms with Gasteiger partial charge in [-0.1, -0.05) is 36.6 Å². The first-order valence-electron chi connectivity index (χ1n) is 11.9. The number of ether oxygens (including phenoxy) is 1. The maximum absolute atomic E-state index is 13.5. The molecule has 1 saturated carbocycles. The maximum atomic E-state index is 13.5. The van der Waals surface area contributed by atoms with Crippen molar-refractivity contribution in [3.05, 3.63) is 63.9 Å². The van der Waals surface area contributed by atoms with Crippen LogP contribution in [0.3, 0.4) is 0 Å². The Balaban J connectivity index is 1.50. The second-order valence-electron chi connectivity index (χ2n) is 9.22. The highest BCUT2D eigenvalue weighted by Gasteiger charge is 2.34. The van der Waals surface area contributed by atoms with Gasteiger partial charge in [0.1, 0.15) is 18.9 Å². The second-order valence-corrected chi connectivity index (χ2v) is 10.2. The molecule has 2 aliphatic rings. The third-order valence-electron chi connectivity index (χ3n) is 6.83. The highest BCUT2D eigenvalue weighted by Crippen LogP contribution is 2.34. The maximum Gasteiger partial charge on any atom is 0.242 e. The van der Waals surface area contributed by atoms with Gasteiger partial charge in [-0.2, -0.15) is 0 Å². The van der Waals surface area contributed by atoms with Crippen molar-refractivity contribution in [2.24, 2.45) is 5.92 Å². The Morgan fingerprint density at radius 3 is 2.76 bits per heavy atom. The van der Waals surface area contributed by atoms with Crippen LogP contribution in [0.4, 0.5) is 0 Å². The lowest BCUT2D eigenvalue weighted by Crippen LogP contribution is -2.48. The standard InChI is InChI=1S/C27H34N2O3S/c1-4-13-28(27(31)21-7-5-6-8-21)17-26(30)29-14-11-25-22(12-15-33-25)23(29)18-32-24-10-9-19(2)16-20(24)3/h4,9-10,12,15-16,21,23H,1,5-8,11,13-14,17-18H2,2-3H3. The predicted molar refractivity (Wildman–Crippen MR) is 133 cm³/mol. The lowest BCUT2D eigenvalue weighted by atomic mass is 10.00. The van der Waals surface area contributed by atoms with E-state index in [1.54, 1.807) is 22.3 Å². The molecule has 4 rings (SSSR count). The molecule has 0 saturated heterocycles. The fourth-order valence-corrected chi connectivity index (χ4v) is 6.01. The van der Waals surface area contributed by atoms with Crippen LogP contribution in [0.5, 0.6) is 5.75 Å². The van der Waals surface area contributed by atoms with Gasteiger partial charge in [-0.3, -0.25) is 9.59 Å². The fraction of sp³-hybridized carbons (Fsp3) is 0.481. The molecule has 1 aromatic heterocycles. The van der Waals surface area contributed by atoms with Crippen LogP contribution in [-0.4, -0.2) is 47.9 Å². The van der Waals surface area contributed by atoms with Crippen molar-refractivity contribution in [1.29, 1.82) is 0 Å². The first kappa shape index (κ1) is 23.6. The van der Waals surface area contributed by atoms with Crippen LogP contribution >= 0.6 is 11.3 Å². The Bertz CT molecular complexity index is 1010. The summed E-state index contributed by atoms with van der Waals surface area (Å²) in [5.74, 6) is 0.970. The normalized spacial score (nSPS) is 18.1. The zero-order valence-corrected chi connectivity index (χ0v) is 20.5. The minimum atomic E-state index is -0.152. The summed E-state index contributed by atoms with van der Waals surface area (Å²) in [4.78, 5) is 31.5. The summed E-state index contributed by atoms with van der Waals surface area (Å²) in [6.07, 6.45) is 6.60. The first-order valence-corrected chi connectivity index (χ1v) is 12.8. The van der Waals surface area contributed by atoms with E-state index in [2.05, 4.69) is 31.0 Å². The third-order valence-corrected chi connectivity index (χ3v) is 7.83. The molecule has 2 amide bonds. The summed E-state index contributed by atoms with van der Waals surface area (Å²) in [6.45, 7) is 9.47. The summed E-state index contributed by atoms with van der Waals surface area (Å²) in [5, 5.41) is 2.09. The summed E-state index contributed by atoms with van der Waals surface area (Å²) < 4.78 is 6.23. The molecule has 33 heavy (non-hydrogen) atoms. The van der Waals surface area contributed by atoms with Crippen molar-refractivity contribution in [2.75, 3.05) is 26.2 Å². The Hall–Kier alpha value is -2.60. The van der Waals surface area contributed by atoms with Crippen LogP contribution in [0, 0.1) is 19.8 Å². The molecule has 0 radical (unpaired) electrons. The van der Waals surface area contributed by atoms with Crippen molar-refractivity contribution in [1.82, 2.24) is 9.80 Å². The number of nitrogens with zero attached hydrogens (tertiary/aromatic N) is 2. The van der Waals surface area contributed by atoms with E-state index in [0.29, 0.717) is 19.7 Å². The molecule has 1 aliphatic carbocycles. The second kappa shape index (κ2) is 10.6. The lowest BCUT2D eigenvalue weighted by Gasteiger charge is -2.37. The molecule has 2 heterocycles. The number of benzene rings is 1. The van der Waals surface area contributed by atoms with E-state index in [-0.39, 0.29) is 30.3 Å². The minimum absolute atomic E-state index is 0.0192. The molecule has 0 N–H and O–H groups in total. The van der Waals surface area contributed by atoms with E-state index >= 15 is 0 Å².